The van der Waals surface area contributed by atoms with Gasteiger partial charge in [-0.1, -0.05) is 67.4 Å². The van der Waals surface area contributed by atoms with Crippen molar-refractivity contribution < 1.29 is 9.59 Å². The lowest BCUT2D eigenvalue weighted by molar-refractivity contribution is -0.132. The Bertz CT molecular complexity index is 1220. The molecule has 1 aliphatic heterocycles. The number of carbonyl (C=O) groups is 2. The van der Waals surface area contributed by atoms with Gasteiger partial charge in [0.25, 0.3) is 0 Å². The Balaban J connectivity index is 1.17. The van der Waals surface area contributed by atoms with Gasteiger partial charge in [0.1, 0.15) is 5.82 Å². The molecule has 1 saturated heterocycles. The molecule has 3 atom stereocenters. The molecule has 2 aliphatic carbocycles. The molecule has 3 fully saturated rings. The van der Waals surface area contributed by atoms with Crippen molar-refractivity contribution in [1.82, 2.24) is 20.4 Å². The normalized spacial score (nSPS) is 23.9. The molecule has 0 radical (unpaired) electrons. The summed E-state index contributed by atoms with van der Waals surface area (Å²) in [6.07, 6.45) is 6.21. The van der Waals surface area contributed by atoms with Crippen LogP contribution in [-0.2, 0) is 16.0 Å². The van der Waals surface area contributed by atoms with Crippen LogP contribution in [0.3, 0.4) is 0 Å². The van der Waals surface area contributed by atoms with Crippen LogP contribution in [0.25, 0.3) is 11.1 Å². The molecule has 35 heavy (non-hydrogen) atoms. The van der Waals surface area contributed by atoms with Crippen LogP contribution in [0.1, 0.15) is 62.0 Å². The van der Waals surface area contributed by atoms with Gasteiger partial charge in [-0.25, -0.2) is 4.68 Å². The van der Waals surface area contributed by atoms with Gasteiger partial charge in [0.15, 0.2) is 6.29 Å². The van der Waals surface area contributed by atoms with Crippen LogP contribution in [0.15, 0.2) is 60.7 Å². The minimum Gasteiger partial charge on any atom is -0.322 e. The second-order valence-corrected chi connectivity index (χ2v) is 10.0. The van der Waals surface area contributed by atoms with E-state index in [0.717, 1.165) is 60.9 Å². The number of nitrogens with zero attached hydrogens (tertiary/aromatic N) is 2. The molecule has 2 aromatic carbocycles. The van der Waals surface area contributed by atoms with Crippen LogP contribution in [0.4, 0.5) is 5.82 Å². The van der Waals surface area contributed by atoms with Crippen LogP contribution in [-0.4, -0.2) is 27.6 Å². The molecule has 6 rings (SSSR count). The molecule has 0 bridgehead atoms. The summed E-state index contributed by atoms with van der Waals surface area (Å²) < 4.78 is 1.76. The van der Waals surface area contributed by atoms with Gasteiger partial charge in [0.2, 0.25) is 11.8 Å². The van der Waals surface area contributed by atoms with Crippen LogP contribution < -0.4 is 16.0 Å². The lowest BCUT2D eigenvalue weighted by Crippen LogP contribution is -2.59. The summed E-state index contributed by atoms with van der Waals surface area (Å²) in [6, 6.07) is 20.4. The van der Waals surface area contributed by atoms with E-state index in [4.69, 9.17) is 5.10 Å². The van der Waals surface area contributed by atoms with Gasteiger partial charge in [-0.15, -0.1) is 0 Å². The lowest BCUT2D eigenvalue weighted by Gasteiger charge is -2.40. The first-order valence-corrected chi connectivity index (χ1v) is 12.7. The Kier molecular flexibility index (Phi) is 5.86. The molecule has 1 aromatic heterocycles. The Morgan fingerprint density at radius 3 is 2.49 bits per heavy atom. The first-order valence-electron chi connectivity index (χ1n) is 12.7. The maximum Gasteiger partial charge on any atom is 0.229 e. The van der Waals surface area contributed by atoms with Crippen LogP contribution >= 0.6 is 0 Å². The first kappa shape index (κ1) is 22.0. The lowest BCUT2D eigenvalue weighted by atomic mass is 9.83. The summed E-state index contributed by atoms with van der Waals surface area (Å²) >= 11 is 0. The number of aromatic nitrogens is 2. The number of amides is 2. The van der Waals surface area contributed by atoms with Crippen molar-refractivity contribution in [2.75, 3.05) is 5.32 Å². The summed E-state index contributed by atoms with van der Waals surface area (Å²) in [5, 5.41) is 14.5. The SMILES string of the molecule is O=C(Cc1ccc(-c2ccccc2)cc1)Nc1cc(C2CC2)nn1C1NC(=O)C2CCCCC2N1. The number of hydrogen-bond donors (Lipinski definition) is 3. The summed E-state index contributed by atoms with van der Waals surface area (Å²) in [5.41, 5.74) is 4.21. The smallest absolute Gasteiger partial charge is 0.229 e. The Hall–Kier alpha value is -3.45. The quantitative estimate of drug-likeness (QED) is 0.501. The second kappa shape index (κ2) is 9.30. The van der Waals surface area contributed by atoms with E-state index in [1.165, 1.54) is 0 Å². The van der Waals surface area contributed by atoms with E-state index in [9.17, 15) is 9.59 Å². The van der Waals surface area contributed by atoms with E-state index in [1.54, 1.807) is 4.68 Å². The molecule has 180 valence electrons. The predicted molar refractivity (Wildman–Crippen MR) is 134 cm³/mol. The molecule has 2 amide bonds. The Labute approximate surface area is 205 Å². The van der Waals surface area contributed by atoms with E-state index >= 15 is 0 Å². The van der Waals surface area contributed by atoms with Crippen molar-refractivity contribution in [2.24, 2.45) is 5.92 Å². The Morgan fingerprint density at radius 1 is 0.971 bits per heavy atom. The fraction of sp³-hybridized carbons (Fsp3) is 0.393. The number of fused-ring (bicyclic) bond motifs is 1. The maximum atomic E-state index is 13.0. The van der Waals surface area contributed by atoms with Crippen LogP contribution in [0.2, 0.25) is 0 Å². The molecule has 3 unspecified atom stereocenters. The Morgan fingerprint density at radius 2 is 1.71 bits per heavy atom. The first-order chi connectivity index (χ1) is 17.1. The molecular weight excluding hydrogens is 438 g/mol. The summed E-state index contributed by atoms with van der Waals surface area (Å²) in [6.45, 7) is 0. The monoisotopic (exact) mass is 469 g/mol. The van der Waals surface area contributed by atoms with Gasteiger partial charge in [-0.2, -0.15) is 5.10 Å². The number of rotatable bonds is 6. The second-order valence-electron chi connectivity index (χ2n) is 10.0. The van der Waals surface area contributed by atoms with Crippen LogP contribution in [0.5, 0.6) is 0 Å². The molecule has 0 spiro atoms. The van der Waals surface area contributed by atoms with Gasteiger partial charge in [0, 0.05) is 18.0 Å². The summed E-state index contributed by atoms with van der Waals surface area (Å²) in [7, 11) is 0. The third-order valence-electron chi connectivity index (χ3n) is 7.44. The van der Waals surface area contributed by atoms with Crippen molar-refractivity contribution >= 4 is 17.6 Å². The third kappa shape index (κ3) is 4.73. The van der Waals surface area contributed by atoms with E-state index in [1.807, 2.05) is 36.4 Å². The van der Waals surface area contributed by atoms with Crippen molar-refractivity contribution in [3.8, 4) is 11.1 Å². The highest BCUT2D eigenvalue weighted by atomic mass is 16.2. The summed E-state index contributed by atoms with van der Waals surface area (Å²) in [4.78, 5) is 25.8. The number of nitrogens with one attached hydrogen (secondary N) is 3. The predicted octanol–water partition coefficient (Wildman–Crippen LogP) is 4.34. The van der Waals surface area contributed by atoms with E-state index < -0.39 is 6.29 Å². The van der Waals surface area contributed by atoms with E-state index in [-0.39, 0.29) is 30.2 Å². The zero-order valence-electron chi connectivity index (χ0n) is 19.7. The molecule has 7 heteroatoms. The fourth-order valence-corrected chi connectivity index (χ4v) is 5.36. The number of carbonyl (C=O) groups excluding carboxylic acids is 2. The zero-order valence-corrected chi connectivity index (χ0v) is 19.7. The molecular formula is C28H31N5O2. The minimum atomic E-state index is -0.449. The number of anilines is 1. The largest absolute Gasteiger partial charge is 0.322 e. The molecule has 3 N–H and O–H groups in total. The van der Waals surface area contributed by atoms with Gasteiger partial charge in [0.05, 0.1) is 18.0 Å². The van der Waals surface area contributed by atoms with Crippen molar-refractivity contribution in [1.29, 1.82) is 0 Å². The highest BCUT2D eigenvalue weighted by molar-refractivity contribution is 5.91. The molecule has 2 heterocycles. The van der Waals surface area contributed by atoms with E-state index in [0.29, 0.717) is 11.7 Å². The maximum absolute atomic E-state index is 13.0. The van der Waals surface area contributed by atoms with Gasteiger partial charge in [-0.3, -0.25) is 14.9 Å². The molecule has 3 aliphatic rings. The highest BCUT2D eigenvalue weighted by Gasteiger charge is 2.39. The van der Waals surface area contributed by atoms with Crippen molar-refractivity contribution in [3.63, 3.8) is 0 Å². The van der Waals surface area contributed by atoms with Gasteiger partial charge >= 0.3 is 0 Å². The highest BCUT2D eigenvalue weighted by Crippen LogP contribution is 2.40. The van der Waals surface area contributed by atoms with Crippen LogP contribution in [0, 0.1) is 5.92 Å². The zero-order chi connectivity index (χ0) is 23.8. The van der Waals surface area contributed by atoms with E-state index in [2.05, 4.69) is 40.2 Å². The van der Waals surface area contributed by atoms with Crippen molar-refractivity contribution in [2.45, 2.75) is 63.2 Å². The van der Waals surface area contributed by atoms with Gasteiger partial charge < -0.3 is 10.6 Å². The number of hydrogen-bond acceptors (Lipinski definition) is 4. The molecule has 2 saturated carbocycles. The van der Waals surface area contributed by atoms with Crippen molar-refractivity contribution in [3.05, 3.63) is 71.9 Å². The minimum absolute atomic E-state index is 0.0235. The molecule has 3 aromatic rings. The van der Waals surface area contributed by atoms with Gasteiger partial charge in [-0.05, 0) is 42.4 Å². The fourth-order valence-electron chi connectivity index (χ4n) is 5.36. The topological polar surface area (TPSA) is 88.1 Å². The average molecular weight is 470 g/mol. The average Bonchev–Trinajstić information content (AvgIpc) is 3.65. The third-order valence-corrected chi connectivity index (χ3v) is 7.44. The molecule has 7 nitrogen and oxygen atoms in total. The number of benzene rings is 2. The standard InChI is InChI=1S/C28H31N5O2/c34-26(16-18-10-12-20(13-11-18)19-6-2-1-3-7-19)30-25-17-24(21-14-15-21)32-33(25)28-29-23-9-5-4-8-22(23)27(35)31-28/h1-3,6-7,10-13,17,21-23,28-29H,4-5,8-9,14-16H2,(H,30,34)(H,31,35). The summed E-state index contributed by atoms with van der Waals surface area (Å²) in [5.74, 6) is 1.08.